The van der Waals surface area contributed by atoms with Crippen molar-refractivity contribution in [2.45, 2.75) is 0 Å². The summed E-state index contributed by atoms with van der Waals surface area (Å²) in [5.41, 5.74) is 0.645. The molecule has 0 radical (unpaired) electrons. The van der Waals surface area contributed by atoms with E-state index in [2.05, 4.69) is 15.9 Å². The fraction of sp³-hybridized carbons (Fsp3) is 0.400. The van der Waals surface area contributed by atoms with Gasteiger partial charge in [0.25, 0.3) is 5.91 Å². The van der Waals surface area contributed by atoms with Gasteiger partial charge in [0.05, 0.1) is 18.9 Å². The molecule has 1 aromatic rings. The minimum Gasteiger partial charge on any atom is -0.310 e. The van der Waals surface area contributed by atoms with Gasteiger partial charge < -0.3 is 14.7 Å². The minimum atomic E-state index is -0.0709. The minimum absolute atomic E-state index is 0.0654. The van der Waals surface area contributed by atoms with Crippen LogP contribution in [-0.2, 0) is 0 Å². The van der Waals surface area contributed by atoms with E-state index in [1.807, 2.05) is 10.8 Å². The summed E-state index contributed by atoms with van der Waals surface area (Å²) >= 11 is 4.82. The van der Waals surface area contributed by atoms with Gasteiger partial charge in [0, 0.05) is 29.3 Å². The predicted molar refractivity (Wildman–Crippen MR) is 68.8 cm³/mol. The number of carbonyl (C=O) groups is 2. The van der Waals surface area contributed by atoms with Crippen LogP contribution in [0.4, 0.5) is 4.79 Å². The van der Waals surface area contributed by atoms with E-state index in [9.17, 15) is 9.59 Å². The van der Waals surface area contributed by atoms with Gasteiger partial charge in [-0.25, -0.2) is 4.79 Å². The number of rotatable bonds is 1. The van der Waals surface area contributed by atoms with E-state index in [0.29, 0.717) is 18.9 Å². The van der Waals surface area contributed by atoms with Crippen LogP contribution < -0.4 is 0 Å². The van der Waals surface area contributed by atoms with Gasteiger partial charge in [-0.15, -0.1) is 0 Å². The first-order valence-electron chi connectivity index (χ1n) is 4.98. The lowest BCUT2D eigenvalue weighted by atomic mass is 10.3. The summed E-state index contributed by atoms with van der Waals surface area (Å²) in [5, 5.41) is 3.68. The average molecular weight is 318 g/mol. The molecule has 0 unspecified atom stereocenters. The molecular formula is C10H12BrN3O2S. The number of hydrogen-bond donors (Lipinski definition) is 0. The lowest BCUT2D eigenvalue weighted by Crippen LogP contribution is -2.56. The Morgan fingerprint density at radius 3 is 2.35 bits per heavy atom. The summed E-state index contributed by atoms with van der Waals surface area (Å²) in [6, 6.07) is -0.0709. The number of hydrogen-bond acceptors (Lipinski definition) is 3. The standard InChI is InChI=1S/C10H12BrN3O2S/c1-12-5-14(6-13(2)10(12)16)9(15)7-3-17-4-8(7)11/h3-4H,5-6H2,1-2H3. The van der Waals surface area contributed by atoms with Gasteiger partial charge in [-0.2, -0.15) is 11.3 Å². The first-order valence-corrected chi connectivity index (χ1v) is 6.71. The zero-order chi connectivity index (χ0) is 12.6. The van der Waals surface area contributed by atoms with Gasteiger partial charge in [-0.05, 0) is 15.9 Å². The molecule has 1 fully saturated rings. The largest absolute Gasteiger partial charge is 0.322 e. The first-order chi connectivity index (χ1) is 8.00. The molecule has 0 aromatic carbocycles. The summed E-state index contributed by atoms with van der Waals surface area (Å²) in [7, 11) is 3.36. The lowest BCUT2D eigenvalue weighted by Gasteiger charge is -2.38. The summed E-state index contributed by atoms with van der Waals surface area (Å²) in [6.45, 7) is 0.647. The van der Waals surface area contributed by atoms with Crippen molar-refractivity contribution in [3.05, 3.63) is 20.8 Å². The molecule has 7 heteroatoms. The maximum absolute atomic E-state index is 12.2. The SMILES string of the molecule is CN1CN(C(=O)c2cscc2Br)CN(C)C1=O. The Labute approximate surface area is 112 Å². The summed E-state index contributed by atoms with van der Waals surface area (Å²) in [4.78, 5) is 28.4. The molecule has 5 nitrogen and oxygen atoms in total. The molecule has 2 heterocycles. The zero-order valence-electron chi connectivity index (χ0n) is 9.51. The molecule has 0 N–H and O–H groups in total. The number of halogens is 1. The van der Waals surface area contributed by atoms with Crippen molar-refractivity contribution in [3.8, 4) is 0 Å². The Balaban J connectivity index is 2.17. The monoisotopic (exact) mass is 317 g/mol. The van der Waals surface area contributed by atoms with Crippen LogP contribution in [0, 0.1) is 0 Å². The number of thiophene rings is 1. The Morgan fingerprint density at radius 2 is 1.88 bits per heavy atom. The van der Waals surface area contributed by atoms with E-state index in [1.165, 1.54) is 21.1 Å². The van der Waals surface area contributed by atoms with E-state index in [-0.39, 0.29) is 11.9 Å². The van der Waals surface area contributed by atoms with Gasteiger partial charge in [0.15, 0.2) is 0 Å². The molecular weight excluding hydrogens is 306 g/mol. The Hall–Kier alpha value is -1.08. The molecule has 1 aliphatic heterocycles. The molecule has 1 aliphatic rings. The van der Waals surface area contributed by atoms with Crippen molar-refractivity contribution in [1.29, 1.82) is 0 Å². The van der Waals surface area contributed by atoms with Crippen LogP contribution in [-0.4, -0.2) is 54.1 Å². The molecule has 1 saturated heterocycles. The van der Waals surface area contributed by atoms with Crippen LogP contribution >= 0.6 is 27.3 Å². The van der Waals surface area contributed by atoms with E-state index in [4.69, 9.17) is 0 Å². The van der Waals surface area contributed by atoms with Crippen molar-refractivity contribution in [3.63, 3.8) is 0 Å². The van der Waals surface area contributed by atoms with Gasteiger partial charge in [-0.1, -0.05) is 0 Å². The highest BCUT2D eigenvalue weighted by Crippen LogP contribution is 2.23. The second-order valence-electron chi connectivity index (χ2n) is 3.94. The van der Waals surface area contributed by atoms with Crippen molar-refractivity contribution in [2.75, 3.05) is 27.4 Å². The fourth-order valence-corrected chi connectivity index (χ4v) is 3.14. The van der Waals surface area contributed by atoms with Crippen LogP contribution in [0.2, 0.25) is 0 Å². The quantitative estimate of drug-likeness (QED) is 0.793. The van der Waals surface area contributed by atoms with Gasteiger partial charge >= 0.3 is 6.03 Å². The number of carbonyl (C=O) groups excluding carboxylic acids is 2. The Kier molecular flexibility index (Phi) is 3.39. The van der Waals surface area contributed by atoms with Crippen LogP contribution in [0.15, 0.2) is 15.2 Å². The number of urea groups is 1. The van der Waals surface area contributed by atoms with E-state index in [0.717, 1.165) is 4.47 Å². The third kappa shape index (κ3) is 2.30. The average Bonchev–Trinajstić information content (AvgIpc) is 2.70. The van der Waals surface area contributed by atoms with Crippen LogP contribution in [0.1, 0.15) is 10.4 Å². The highest BCUT2D eigenvalue weighted by Gasteiger charge is 2.29. The van der Waals surface area contributed by atoms with Crippen LogP contribution in [0.3, 0.4) is 0 Å². The highest BCUT2D eigenvalue weighted by atomic mass is 79.9. The predicted octanol–water partition coefficient (Wildman–Crippen LogP) is 1.87. The normalized spacial score (nSPS) is 16.6. The zero-order valence-corrected chi connectivity index (χ0v) is 11.9. The summed E-state index contributed by atoms with van der Waals surface area (Å²) in [5.74, 6) is -0.0654. The van der Waals surface area contributed by atoms with E-state index < -0.39 is 0 Å². The second kappa shape index (κ2) is 4.66. The fourth-order valence-electron chi connectivity index (χ4n) is 1.70. The third-order valence-electron chi connectivity index (χ3n) is 2.55. The molecule has 0 aliphatic carbocycles. The molecule has 0 saturated carbocycles. The molecule has 3 amide bonds. The topological polar surface area (TPSA) is 43.9 Å². The molecule has 0 spiro atoms. The van der Waals surface area contributed by atoms with Crippen molar-refractivity contribution in [2.24, 2.45) is 0 Å². The van der Waals surface area contributed by atoms with Crippen molar-refractivity contribution < 1.29 is 9.59 Å². The molecule has 2 rings (SSSR count). The Bertz CT molecular complexity index is 448. The van der Waals surface area contributed by atoms with Crippen molar-refractivity contribution >= 4 is 39.2 Å². The summed E-state index contributed by atoms with van der Waals surface area (Å²) in [6.07, 6.45) is 0. The second-order valence-corrected chi connectivity index (χ2v) is 5.54. The van der Waals surface area contributed by atoms with Crippen molar-refractivity contribution in [1.82, 2.24) is 14.7 Å². The Morgan fingerprint density at radius 1 is 1.29 bits per heavy atom. The third-order valence-corrected chi connectivity index (χ3v) is 4.25. The maximum Gasteiger partial charge on any atom is 0.322 e. The number of nitrogens with zero attached hydrogens (tertiary/aromatic N) is 3. The first kappa shape index (κ1) is 12.4. The highest BCUT2D eigenvalue weighted by molar-refractivity contribution is 9.10. The number of amides is 3. The lowest BCUT2D eigenvalue weighted by molar-refractivity contribution is 0.0391. The van der Waals surface area contributed by atoms with Gasteiger partial charge in [0.1, 0.15) is 0 Å². The molecule has 17 heavy (non-hydrogen) atoms. The van der Waals surface area contributed by atoms with Gasteiger partial charge in [-0.3, -0.25) is 4.79 Å². The van der Waals surface area contributed by atoms with Gasteiger partial charge in [0.2, 0.25) is 0 Å². The maximum atomic E-state index is 12.2. The summed E-state index contributed by atoms with van der Waals surface area (Å²) < 4.78 is 0.801. The molecule has 0 atom stereocenters. The molecule has 0 bridgehead atoms. The van der Waals surface area contributed by atoms with E-state index in [1.54, 1.807) is 19.0 Å². The van der Waals surface area contributed by atoms with Crippen LogP contribution in [0.25, 0.3) is 0 Å². The van der Waals surface area contributed by atoms with E-state index >= 15 is 0 Å². The molecule has 1 aromatic heterocycles. The van der Waals surface area contributed by atoms with Crippen LogP contribution in [0.5, 0.6) is 0 Å². The smallest absolute Gasteiger partial charge is 0.310 e. The molecule has 92 valence electrons.